The molecule has 0 aliphatic carbocycles. The lowest BCUT2D eigenvalue weighted by molar-refractivity contribution is -0.136. The van der Waals surface area contributed by atoms with E-state index in [-0.39, 0.29) is 5.91 Å². The summed E-state index contributed by atoms with van der Waals surface area (Å²) in [6.07, 6.45) is 1.36. The van der Waals surface area contributed by atoms with Gasteiger partial charge in [0.25, 0.3) is 0 Å². The van der Waals surface area contributed by atoms with Crippen molar-refractivity contribution < 1.29 is 9.53 Å². The van der Waals surface area contributed by atoms with Gasteiger partial charge in [0.15, 0.2) is 0 Å². The van der Waals surface area contributed by atoms with Gasteiger partial charge in [-0.3, -0.25) is 9.48 Å². The number of rotatable bonds is 6. The second-order valence-electron chi connectivity index (χ2n) is 7.07. The molecule has 140 valence electrons. The van der Waals surface area contributed by atoms with Crippen LogP contribution in [0.1, 0.15) is 35.4 Å². The van der Waals surface area contributed by atoms with E-state index in [1.165, 1.54) is 5.56 Å². The van der Waals surface area contributed by atoms with Crippen molar-refractivity contribution in [2.24, 2.45) is 11.1 Å². The van der Waals surface area contributed by atoms with Crippen molar-refractivity contribution in [3.05, 3.63) is 52.8 Å². The van der Waals surface area contributed by atoms with Crippen molar-refractivity contribution in [2.45, 2.75) is 39.8 Å². The lowest BCUT2D eigenvalue weighted by atomic mass is 9.79. The molecule has 0 unspecified atom stereocenters. The van der Waals surface area contributed by atoms with Gasteiger partial charge in [-0.25, -0.2) is 0 Å². The molecule has 26 heavy (non-hydrogen) atoms. The molecule has 0 radical (unpaired) electrons. The fourth-order valence-corrected chi connectivity index (χ4v) is 3.54. The van der Waals surface area contributed by atoms with Crippen LogP contribution in [0, 0.1) is 19.3 Å². The molecule has 1 aliphatic rings. The topological polar surface area (TPSA) is 82.2 Å². The quantitative estimate of drug-likeness (QED) is 0.828. The summed E-state index contributed by atoms with van der Waals surface area (Å²) in [5.74, 6) is 0.0258. The first-order valence-electron chi connectivity index (χ1n) is 9.19. The van der Waals surface area contributed by atoms with Gasteiger partial charge < -0.3 is 15.8 Å². The first-order valence-corrected chi connectivity index (χ1v) is 9.19. The highest BCUT2D eigenvalue weighted by Gasteiger charge is 2.38. The first-order chi connectivity index (χ1) is 12.6. The van der Waals surface area contributed by atoms with Crippen LogP contribution in [-0.4, -0.2) is 35.4 Å². The number of carbonyl (C=O) groups excluding carboxylic acids is 1. The average molecular weight is 356 g/mol. The first kappa shape index (κ1) is 18.6. The summed E-state index contributed by atoms with van der Waals surface area (Å²) in [5.41, 5.74) is 9.74. The van der Waals surface area contributed by atoms with Crippen molar-refractivity contribution in [1.82, 2.24) is 15.1 Å². The van der Waals surface area contributed by atoms with Crippen LogP contribution in [0.25, 0.3) is 0 Å². The summed E-state index contributed by atoms with van der Waals surface area (Å²) in [7, 11) is 0. The van der Waals surface area contributed by atoms with Crippen molar-refractivity contribution in [3.63, 3.8) is 0 Å². The minimum absolute atomic E-state index is 0.0258. The summed E-state index contributed by atoms with van der Waals surface area (Å²) >= 11 is 0. The average Bonchev–Trinajstić information content (AvgIpc) is 2.94. The molecule has 1 aromatic heterocycles. The third kappa shape index (κ3) is 3.81. The molecule has 1 amide bonds. The molecular weight excluding hydrogens is 328 g/mol. The van der Waals surface area contributed by atoms with Crippen molar-refractivity contribution in [3.8, 4) is 0 Å². The zero-order valence-electron chi connectivity index (χ0n) is 15.6. The highest BCUT2D eigenvalue weighted by atomic mass is 16.5. The zero-order chi connectivity index (χ0) is 18.6. The number of aryl methyl sites for hydroxylation is 1. The molecule has 0 atom stereocenters. The van der Waals surface area contributed by atoms with Crippen LogP contribution in [0.2, 0.25) is 0 Å². The van der Waals surface area contributed by atoms with Crippen LogP contribution < -0.4 is 11.1 Å². The van der Waals surface area contributed by atoms with Gasteiger partial charge in [0.2, 0.25) is 5.91 Å². The van der Waals surface area contributed by atoms with Crippen LogP contribution >= 0.6 is 0 Å². The van der Waals surface area contributed by atoms with Crippen molar-refractivity contribution >= 4 is 5.91 Å². The van der Waals surface area contributed by atoms with Crippen molar-refractivity contribution in [1.29, 1.82) is 0 Å². The molecule has 3 N–H and O–H groups in total. The van der Waals surface area contributed by atoms with Gasteiger partial charge in [-0.2, -0.15) is 5.10 Å². The van der Waals surface area contributed by atoms with Gasteiger partial charge in [0.1, 0.15) is 0 Å². The number of nitrogens with one attached hydrogen (secondary N) is 1. The third-order valence-corrected chi connectivity index (χ3v) is 5.45. The number of nitrogens with zero attached hydrogens (tertiary/aromatic N) is 2. The van der Waals surface area contributed by atoms with E-state index >= 15 is 0 Å². The second kappa shape index (κ2) is 8.01. The van der Waals surface area contributed by atoms with E-state index in [1.54, 1.807) is 0 Å². The Morgan fingerprint density at radius 2 is 1.96 bits per heavy atom. The Balaban J connectivity index is 1.69. The summed E-state index contributed by atoms with van der Waals surface area (Å²) in [5, 5.41) is 7.75. The Morgan fingerprint density at radius 3 is 2.62 bits per heavy atom. The molecule has 2 heterocycles. The Bertz CT molecular complexity index is 749. The molecule has 6 nitrogen and oxygen atoms in total. The summed E-state index contributed by atoms with van der Waals surface area (Å²) in [4.78, 5) is 12.8. The Morgan fingerprint density at radius 1 is 1.27 bits per heavy atom. The molecule has 0 bridgehead atoms. The Kier molecular flexibility index (Phi) is 5.74. The van der Waals surface area contributed by atoms with Gasteiger partial charge in [-0.15, -0.1) is 0 Å². The summed E-state index contributed by atoms with van der Waals surface area (Å²) in [6, 6.07) is 10.3. The maximum absolute atomic E-state index is 12.8. The lowest BCUT2D eigenvalue weighted by Crippen LogP contribution is -2.49. The number of ether oxygens (including phenoxy) is 1. The summed E-state index contributed by atoms with van der Waals surface area (Å²) in [6.45, 7) is 6.79. The molecule has 6 heteroatoms. The van der Waals surface area contributed by atoms with Gasteiger partial charge in [0.05, 0.1) is 17.7 Å². The van der Waals surface area contributed by atoms with E-state index in [9.17, 15) is 4.79 Å². The Hall–Kier alpha value is -2.18. The maximum atomic E-state index is 12.8. The highest BCUT2D eigenvalue weighted by Crippen LogP contribution is 2.29. The largest absolute Gasteiger partial charge is 0.381 e. The normalized spacial score (nSPS) is 16.4. The number of aromatic nitrogens is 2. The second-order valence-corrected chi connectivity index (χ2v) is 7.07. The highest BCUT2D eigenvalue weighted by molar-refractivity contribution is 5.83. The van der Waals surface area contributed by atoms with Crippen LogP contribution in [0.15, 0.2) is 30.3 Å². The number of nitrogens with two attached hydrogens (primary N) is 1. The smallest absolute Gasteiger partial charge is 0.227 e. The van der Waals surface area contributed by atoms with E-state index in [0.717, 1.165) is 23.5 Å². The molecule has 0 spiro atoms. The van der Waals surface area contributed by atoms with E-state index in [2.05, 4.69) is 29.5 Å². The van der Waals surface area contributed by atoms with Crippen LogP contribution in [0.4, 0.5) is 0 Å². The monoisotopic (exact) mass is 356 g/mol. The number of amides is 1. The Labute approximate surface area is 154 Å². The standard InChI is InChI=1S/C20H28N4O2/c1-15-18(12-22-19(25)20(14-21)8-10-26-11-9-20)16(2)24(23-15)13-17-6-4-3-5-7-17/h3-7H,8-14,21H2,1-2H3,(H,22,25). The molecule has 1 aliphatic heterocycles. The predicted molar refractivity (Wildman–Crippen MR) is 101 cm³/mol. The zero-order valence-corrected chi connectivity index (χ0v) is 15.6. The SMILES string of the molecule is Cc1nn(Cc2ccccc2)c(C)c1CNC(=O)C1(CN)CCOCC1. The number of benzene rings is 1. The predicted octanol–water partition coefficient (Wildman–Crippen LogP) is 1.92. The van der Waals surface area contributed by atoms with Crippen LogP contribution in [-0.2, 0) is 22.6 Å². The van der Waals surface area contributed by atoms with Gasteiger partial charge in [0, 0.05) is 37.6 Å². The van der Waals surface area contributed by atoms with E-state index < -0.39 is 5.41 Å². The van der Waals surface area contributed by atoms with Gasteiger partial charge >= 0.3 is 0 Å². The molecule has 1 aromatic carbocycles. The van der Waals surface area contributed by atoms with E-state index in [1.807, 2.05) is 29.8 Å². The molecule has 2 aromatic rings. The minimum Gasteiger partial charge on any atom is -0.381 e. The maximum Gasteiger partial charge on any atom is 0.227 e. The number of hydrogen-bond acceptors (Lipinski definition) is 4. The minimum atomic E-state index is -0.500. The van der Waals surface area contributed by atoms with Gasteiger partial charge in [-0.1, -0.05) is 30.3 Å². The summed E-state index contributed by atoms with van der Waals surface area (Å²) < 4.78 is 7.39. The van der Waals surface area contributed by atoms with E-state index in [0.29, 0.717) is 39.1 Å². The molecule has 1 fully saturated rings. The molecule has 1 saturated heterocycles. The molecule has 0 saturated carbocycles. The van der Waals surface area contributed by atoms with Gasteiger partial charge in [-0.05, 0) is 32.3 Å². The fourth-order valence-electron chi connectivity index (χ4n) is 3.54. The molecular formula is C20H28N4O2. The van der Waals surface area contributed by atoms with Crippen molar-refractivity contribution in [2.75, 3.05) is 19.8 Å². The number of hydrogen-bond donors (Lipinski definition) is 2. The lowest BCUT2D eigenvalue weighted by Gasteiger charge is -2.34. The molecule has 3 rings (SSSR count). The van der Waals surface area contributed by atoms with E-state index in [4.69, 9.17) is 10.5 Å². The third-order valence-electron chi connectivity index (χ3n) is 5.45. The van der Waals surface area contributed by atoms with Crippen LogP contribution in [0.3, 0.4) is 0 Å². The number of carbonyl (C=O) groups is 1. The van der Waals surface area contributed by atoms with Crippen LogP contribution in [0.5, 0.6) is 0 Å². The fraction of sp³-hybridized carbons (Fsp3) is 0.500.